The summed E-state index contributed by atoms with van der Waals surface area (Å²) in [5.74, 6) is 1.25. The first-order valence-corrected chi connectivity index (χ1v) is 10.2. The van der Waals surface area contributed by atoms with Gasteiger partial charge in [-0.1, -0.05) is 30.3 Å². The summed E-state index contributed by atoms with van der Waals surface area (Å²) in [6, 6.07) is 17.2. The van der Waals surface area contributed by atoms with E-state index in [9.17, 15) is 9.59 Å². The average Bonchev–Trinajstić information content (AvgIpc) is 3.22. The first kappa shape index (κ1) is 20.5. The molecule has 0 aromatic heterocycles. The van der Waals surface area contributed by atoms with Crippen molar-refractivity contribution in [3.63, 3.8) is 0 Å². The predicted molar refractivity (Wildman–Crippen MR) is 120 cm³/mol. The number of nitrogens with one attached hydrogen (secondary N) is 2. The van der Waals surface area contributed by atoms with Gasteiger partial charge in [0.25, 0.3) is 5.91 Å². The molecule has 0 saturated carbocycles. The van der Waals surface area contributed by atoms with Crippen LogP contribution in [-0.2, 0) is 0 Å². The lowest BCUT2D eigenvalue weighted by Crippen LogP contribution is -2.36. The summed E-state index contributed by atoms with van der Waals surface area (Å²) in [4.78, 5) is 26.2. The summed E-state index contributed by atoms with van der Waals surface area (Å²) in [6.45, 7) is 2.19. The van der Waals surface area contributed by atoms with Crippen LogP contribution in [0.25, 0.3) is 21.9 Å². The fraction of sp³-hybridized carbons (Fsp3) is 0.250. The molecule has 7 nitrogen and oxygen atoms in total. The Bertz CT molecular complexity index is 1130. The van der Waals surface area contributed by atoms with E-state index in [1.165, 1.54) is 0 Å². The van der Waals surface area contributed by atoms with Gasteiger partial charge in [-0.3, -0.25) is 4.79 Å². The lowest BCUT2D eigenvalue weighted by molar-refractivity contribution is 0.0952. The highest BCUT2D eigenvalue weighted by atomic mass is 16.5. The van der Waals surface area contributed by atoms with Gasteiger partial charge in [0.2, 0.25) is 0 Å². The third-order valence-electron chi connectivity index (χ3n) is 5.48. The fourth-order valence-corrected chi connectivity index (χ4v) is 3.88. The minimum atomic E-state index is -0.163. The molecule has 2 N–H and O–H groups in total. The maximum absolute atomic E-state index is 12.9. The molecule has 1 aliphatic heterocycles. The van der Waals surface area contributed by atoms with Crippen LogP contribution in [0, 0.1) is 0 Å². The molecule has 160 valence electrons. The Hall–Kier alpha value is -3.74. The minimum absolute atomic E-state index is 0.0857. The van der Waals surface area contributed by atoms with Gasteiger partial charge in [-0.05, 0) is 34.5 Å². The fourth-order valence-electron chi connectivity index (χ4n) is 3.88. The topological polar surface area (TPSA) is 79.9 Å². The summed E-state index contributed by atoms with van der Waals surface area (Å²) in [6.07, 6.45) is 0. The Balaban J connectivity index is 1.63. The first-order chi connectivity index (χ1) is 15.1. The van der Waals surface area contributed by atoms with E-state index in [1.807, 2.05) is 54.6 Å². The minimum Gasteiger partial charge on any atom is -0.497 e. The number of amides is 3. The third-order valence-corrected chi connectivity index (χ3v) is 5.48. The summed E-state index contributed by atoms with van der Waals surface area (Å²) >= 11 is 0. The molecule has 0 radical (unpaired) electrons. The van der Waals surface area contributed by atoms with Crippen molar-refractivity contribution in [2.24, 2.45) is 0 Å². The van der Waals surface area contributed by atoms with E-state index in [1.54, 1.807) is 19.1 Å². The Labute approximate surface area is 180 Å². The molecular formula is C24H25N3O4. The van der Waals surface area contributed by atoms with E-state index < -0.39 is 0 Å². The number of hydrogen-bond donors (Lipinski definition) is 2. The zero-order chi connectivity index (χ0) is 21.8. The molecule has 0 aliphatic carbocycles. The van der Waals surface area contributed by atoms with Crippen molar-refractivity contribution < 1.29 is 19.1 Å². The summed E-state index contributed by atoms with van der Waals surface area (Å²) in [7, 11) is 3.25. The molecule has 7 heteroatoms. The number of urea groups is 1. The smallest absolute Gasteiger partial charge is 0.317 e. The Kier molecular flexibility index (Phi) is 5.93. The number of carbonyl (C=O) groups excluding carboxylic acids is 2. The van der Waals surface area contributed by atoms with Gasteiger partial charge in [0.15, 0.2) is 0 Å². The number of methoxy groups -OCH3 is 2. The maximum atomic E-state index is 12.9. The van der Waals surface area contributed by atoms with Crippen LogP contribution in [0.2, 0.25) is 0 Å². The zero-order valence-electron chi connectivity index (χ0n) is 17.6. The van der Waals surface area contributed by atoms with Gasteiger partial charge in [0, 0.05) is 43.4 Å². The molecule has 1 heterocycles. The van der Waals surface area contributed by atoms with E-state index in [0.717, 1.165) is 21.9 Å². The van der Waals surface area contributed by atoms with Crippen LogP contribution in [0.5, 0.6) is 11.5 Å². The van der Waals surface area contributed by atoms with Crippen LogP contribution < -0.4 is 20.1 Å². The normalized spacial score (nSPS) is 13.2. The van der Waals surface area contributed by atoms with Crippen molar-refractivity contribution in [3.05, 3.63) is 60.2 Å². The number of fused-ring (bicyclic) bond motifs is 1. The van der Waals surface area contributed by atoms with Crippen molar-refractivity contribution in [1.29, 1.82) is 0 Å². The molecule has 1 aliphatic rings. The van der Waals surface area contributed by atoms with Crippen molar-refractivity contribution in [2.75, 3.05) is 40.4 Å². The number of nitrogens with zero attached hydrogens (tertiary/aromatic N) is 1. The highest BCUT2D eigenvalue weighted by Crippen LogP contribution is 2.38. The number of benzene rings is 3. The molecule has 0 bridgehead atoms. The van der Waals surface area contributed by atoms with Gasteiger partial charge in [0.05, 0.1) is 14.2 Å². The molecule has 3 amide bonds. The maximum Gasteiger partial charge on any atom is 0.317 e. The van der Waals surface area contributed by atoms with Crippen molar-refractivity contribution in [3.8, 4) is 22.6 Å². The van der Waals surface area contributed by atoms with Gasteiger partial charge in [-0.25, -0.2) is 4.79 Å². The monoisotopic (exact) mass is 419 g/mol. The van der Waals surface area contributed by atoms with Gasteiger partial charge in [-0.15, -0.1) is 0 Å². The zero-order valence-corrected chi connectivity index (χ0v) is 17.6. The molecule has 3 aromatic rings. The molecule has 4 rings (SSSR count). The van der Waals surface area contributed by atoms with E-state index in [2.05, 4.69) is 10.6 Å². The second-order valence-corrected chi connectivity index (χ2v) is 7.25. The number of ether oxygens (including phenoxy) is 2. The SMILES string of the molecule is COc1ccc(-c2ccc(C(=O)NCCN3CCNC3=O)c3ccccc23)c(OC)c1. The van der Waals surface area contributed by atoms with Gasteiger partial charge >= 0.3 is 6.03 Å². The highest BCUT2D eigenvalue weighted by Gasteiger charge is 2.20. The Morgan fingerprint density at radius 3 is 2.52 bits per heavy atom. The van der Waals surface area contributed by atoms with Crippen molar-refractivity contribution >= 4 is 22.7 Å². The van der Waals surface area contributed by atoms with Crippen LogP contribution in [-0.4, -0.2) is 57.2 Å². The molecule has 1 fully saturated rings. The van der Waals surface area contributed by atoms with Crippen molar-refractivity contribution in [2.45, 2.75) is 0 Å². The standard InChI is InChI=1S/C24H25N3O4/c1-30-16-7-8-20(22(15-16)31-2)19-9-10-21(18-6-4-3-5-17(18)19)23(28)25-11-13-27-14-12-26-24(27)29/h3-10,15H,11-14H2,1-2H3,(H,25,28)(H,26,29). The summed E-state index contributed by atoms with van der Waals surface area (Å²) in [5.41, 5.74) is 2.49. The van der Waals surface area contributed by atoms with Gasteiger partial charge in [0.1, 0.15) is 11.5 Å². The molecular weight excluding hydrogens is 394 g/mol. The van der Waals surface area contributed by atoms with E-state index in [4.69, 9.17) is 9.47 Å². The molecule has 0 spiro atoms. The Morgan fingerprint density at radius 1 is 1.03 bits per heavy atom. The lowest BCUT2D eigenvalue weighted by Gasteiger charge is -2.16. The van der Waals surface area contributed by atoms with E-state index >= 15 is 0 Å². The molecule has 1 saturated heterocycles. The second kappa shape index (κ2) is 8.95. The van der Waals surface area contributed by atoms with E-state index in [-0.39, 0.29) is 11.9 Å². The van der Waals surface area contributed by atoms with Crippen LogP contribution in [0.4, 0.5) is 4.79 Å². The van der Waals surface area contributed by atoms with Crippen LogP contribution in [0.15, 0.2) is 54.6 Å². The van der Waals surface area contributed by atoms with Crippen LogP contribution in [0.3, 0.4) is 0 Å². The molecule has 0 unspecified atom stereocenters. The number of hydrogen-bond acceptors (Lipinski definition) is 4. The predicted octanol–water partition coefficient (Wildman–Crippen LogP) is 3.28. The largest absolute Gasteiger partial charge is 0.497 e. The molecule has 0 atom stereocenters. The molecule has 31 heavy (non-hydrogen) atoms. The average molecular weight is 419 g/mol. The quantitative estimate of drug-likeness (QED) is 0.616. The number of carbonyl (C=O) groups is 2. The first-order valence-electron chi connectivity index (χ1n) is 10.2. The van der Waals surface area contributed by atoms with Crippen LogP contribution in [0.1, 0.15) is 10.4 Å². The molecule has 3 aromatic carbocycles. The number of rotatable bonds is 7. The Morgan fingerprint density at radius 2 is 1.81 bits per heavy atom. The van der Waals surface area contributed by atoms with E-state index in [0.29, 0.717) is 43.2 Å². The van der Waals surface area contributed by atoms with Gasteiger partial charge < -0.3 is 25.0 Å². The van der Waals surface area contributed by atoms with Gasteiger partial charge in [-0.2, -0.15) is 0 Å². The summed E-state index contributed by atoms with van der Waals surface area (Å²) in [5, 5.41) is 7.50. The highest BCUT2D eigenvalue weighted by molar-refractivity contribution is 6.11. The lowest BCUT2D eigenvalue weighted by atomic mass is 9.94. The van der Waals surface area contributed by atoms with Crippen LogP contribution >= 0.6 is 0 Å². The summed E-state index contributed by atoms with van der Waals surface area (Å²) < 4.78 is 10.9. The second-order valence-electron chi connectivity index (χ2n) is 7.25. The van der Waals surface area contributed by atoms with Crippen molar-refractivity contribution in [1.82, 2.24) is 15.5 Å². The third kappa shape index (κ3) is 4.12.